The molecule has 2 unspecified atom stereocenters. The Morgan fingerprint density at radius 1 is 1.30 bits per heavy atom. The molecular weight excluding hydrogens is 258 g/mol. The third kappa shape index (κ3) is 1.91. The first-order valence-electron chi connectivity index (χ1n) is 6.38. The van der Waals surface area contributed by atoms with E-state index in [0.29, 0.717) is 17.7 Å². The smallest absolute Gasteiger partial charge is 0.328 e. The molecule has 1 heterocycles. The van der Waals surface area contributed by atoms with Crippen LogP contribution in [0, 0.1) is 18.8 Å². The number of nitrogens with zero attached hydrogens (tertiary/aromatic N) is 1. The number of carboxylic acid groups (broad SMARTS) is 1. The maximum atomic E-state index is 12.1. The summed E-state index contributed by atoms with van der Waals surface area (Å²) in [7, 11) is 0. The minimum absolute atomic E-state index is 0.137. The summed E-state index contributed by atoms with van der Waals surface area (Å²) < 4.78 is 0. The molecule has 5 heteroatoms. The van der Waals surface area contributed by atoms with Crippen molar-refractivity contribution in [2.75, 3.05) is 4.90 Å². The van der Waals surface area contributed by atoms with Crippen LogP contribution >= 0.6 is 0 Å². The first kappa shape index (κ1) is 12.6. The Labute approximate surface area is 115 Å². The van der Waals surface area contributed by atoms with Crippen LogP contribution in [-0.4, -0.2) is 22.9 Å². The molecule has 0 aromatic heterocycles. The van der Waals surface area contributed by atoms with E-state index in [1.165, 1.54) is 11.0 Å². The summed E-state index contributed by atoms with van der Waals surface area (Å²) in [4.78, 5) is 35.9. The van der Waals surface area contributed by atoms with Gasteiger partial charge in [0.15, 0.2) is 0 Å². The molecule has 2 amide bonds. The van der Waals surface area contributed by atoms with Crippen LogP contribution in [0.15, 0.2) is 24.3 Å². The van der Waals surface area contributed by atoms with Gasteiger partial charge in [-0.15, -0.1) is 0 Å². The fraction of sp³-hybridized carbons (Fsp3) is 0.267. The topological polar surface area (TPSA) is 74.7 Å². The van der Waals surface area contributed by atoms with Crippen LogP contribution in [-0.2, 0) is 14.4 Å². The normalized spacial score (nSPS) is 24.4. The number of aliphatic carboxylic acids is 1. The second-order valence-electron chi connectivity index (χ2n) is 5.18. The average Bonchev–Trinajstić information content (AvgIpc) is 3.15. The highest BCUT2D eigenvalue weighted by molar-refractivity contribution is 6.25. The number of hydrogen-bond acceptors (Lipinski definition) is 3. The Bertz CT molecular complexity index is 642. The molecule has 3 rings (SSSR count). The minimum Gasteiger partial charge on any atom is -0.478 e. The number of hydrogen-bond donors (Lipinski definition) is 1. The Kier molecular flexibility index (Phi) is 2.71. The number of imide groups is 1. The van der Waals surface area contributed by atoms with Gasteiger partial charge < -0.3 is 5.11 Å². The summed E-state index contributed by atoms with van der Waals surface area (Å²) in [5.41, 5.74) is 2.02. The molecule has 1 aliphatic heterocycles. The summed E-state index contributed by atoms with van der Waals surface area (Å²) in [5, 5.41) is 8.63. The standard InChI is InChI=1S/C15H13NO4/c1-8-2-3-9(4-5-13(17)18)6-12(8)16-14(19)10-7-11(10)15(16)20/h2-6,10-11H,7H2,1H3,(H,17,18). The van der Waals surface area contributed by atoms with Crippen molar-refractivity contribution >= 4 is 29.5 Å². The summed E-state index contributed by atoms with van der Waals surface area (Å²) >= 11 is 0. The van der Waals surface area contributed by atoms with E-state index in [0.717, 1.165) is 11.6 Å². The van der Waals surface area contributed by atoms with E-state index in [2.05, 4.69) is 0 Å². The molecule has 1 aromatic rings. The number of fused-ring (bicyclic) bond motifs is 1. The molecule has 2 atom stereocenters. The van der Waals surface area contributed by atoms with Gasteiger partial charge in [-0.3, -0.25) is 9.59 Å². The number of aryl methyl sites for hydroxylation is 1. The van der Waals surface area contributed by atoms with Gasteiger partial charge in [0.25, 0.3) is 0 Å². The number of rotatable bonds is 3. The summed E-state index contributed by atoms with van der Waals surface area (Å²) in [6.07, 6.45) is 3.14. The zero-order chi connectivity index (χ0) is 14.4. The van der Waals surface area contributed by atoms with Crippen molar-refractivity contribution in [3.8, 4) is 0 Å². The quantitative estimate of drug-likeness (QED) is 0.669. The van der Waals surface area contributed by atoms with E-state index < -0.39 is 5.97 Å². The van der Waals surface area contributed by atoms with E-state index in [1.807, 2.05) is 6.92 Å². The number of amides is 2. The van der Waals surface area contributed by atoms with Crippen LogP contribution in [0.25, 0.3) is 6.08 Å². The van der Waals surface area contributed by atoms with Crippen molar-refractivity contribution in [3.05, 3.63) is 35.4 Å². The van der Waals surface area contributed by atoms with E-state index in [9.17, 15) is 14.4 Å². The van der Waals surface area contributed by atoms with Gasteiger partial charge in [0.1, 0.15) is 0 Å². The molecule has 1 saturated carbocycles. The Morgan fingerprint density at radius 2 is 1.95 bits per heavy atom. The lowest BCUT2D eigenvalue weighted by Crippen LogP contribution is -2.33. The molecule has 1 N–H and O–H groups in total. The van der Waals surface area contributed by atoms with Crippen LogP contribution < -0.4 is 4.90 Å². The second kappa shape index (κ2) is 4.30. The van der Waals surface area contributed by atoms with Crippen molar-refractivity contribution in [2.45, 2.75) is 13.3 Å². The van der Waals surface area contributed by atoms with E-state index in [-0.39, 0.29) is 23.7 Å². The van der Waals surface area contributed by atoms with Crippen LogP contribution in [0.4, 0.5) is 5.69 Å². The fourth-order valence-corrected chi connectivity index (χ4v) is 2.56. The molecule has 2 aliphatic rings. The number of anilines is 1. The van der Waals surface area contributed by atoms with Crippen molar-refractivity contribution in [1.82, 2.24) is 0 Å². The van der Waals surface area contributed by atoms with Gasteiger partial charge in [0.05, 0.1) is 17.5 Å². The molecule has 2 fully saturated rings. The molecular formula is C15H13NO4. The molecule has 0 spiro atoms. The van der Waals surface area contributed by atoms with Gasteiger partial charge in [-0.1, -0.05) is 12.1 Å². The number of carboxylic acids is 1. The fourth-order valence-electron chi connectivity index (χ4n) is 2.56. The maximum Gasteiger partial charge on any atom is 0.328 e. The first-order valence-corrected chi connectivity index (χ1v) is 6.38. The molecule has 20 heavy (non-hydrogen) atoms. The lowest BCUT2D eigenvalue weighted by molar-refractivity contribution is -0.131. The van der Waals surface area contributed by atoms with E-state index in [4.69, 9.17) is 5.11 Å². The third-order valence-corrected chi connectivity index (χ3v) is 3.76. The highest BCUT2D eigenvalue weighted by atomic mass is 16.4. The largest absolute Gasteiger partial charge is 0.478 e. The highest BCUT2D eigenvalue weighted by Crippen LogP contribution is 2.48. The van der Waals surface area contributed by atoms with Gasteiger partial charge >= 0.3 is 5.97 Å². The zero-order valence-electron chi connectivity index (χ0n) is 10.9. The molecule has 0 radical (unpaired) electrons. The third-order valence-electron chi connectivity index (χ3n) is 3.76. The number of piperidine rings is 1. The highest BCUT2D eigenvalue weighted by Gasteiger charge is 2.59. The van der Waals surface area contributed by atoms with Gasteiger partial charge in [0, 0.05) is 6.08 Å². The molecule has 1 aliphatic carbocycles. The van der Waals surface area contributed by atoms with Gasteiger partial charge in [-0.05, 0) is 36.6 Å². The van der Waals surface area contributed by atoms with Crippen LogP contribution in [0.5, 0.6) is 0 Å². The Morgan fingerprint density at radius 3 is 2.55 bits per heavy atom. The first-order chi connectivity index (χ1) is 9.49. The van der Waals surface area contributed by atoms with Gasteiger partial charge in [-0.25, -0.2) is 9.69 Å². The van der Waals surface area contributed by atoms with Crippen LogP contribution in [0.1, 0.15) is 17.5 Å². The summed E-state index contributed by atoms with van der Waals surface area (Å²) in [6, 6.07) is 5.21. The van der Waals surface area contributed by atoms with E-state index in [1.54, 1.807) is 18.2 Å². The molecule has 0 bridgehead atoms. The molecule has 5 nitrogen and oxygen atoms in total. The number of carbonyl (C=O) groups is 3. The predicted octanol–water partition coefficient (Wildman–Crippen LogP) is 1.60. The van der Waals surface area contributed by atoms with Crippen molar-refractivity contribution in [3.63, 3.8) is 0 Å². The lowest BCUT2D eigenvalue weighted by Gasteiger charge is -2.19. The van der Waals surface area contributed by atoms with Crippen LogP contribution in [0.2, 0.25) is 0 Å². The minimum atomic E-state index is -1.04. The van der Waals surface area contributed by atoms with Crippen molar-refractivity contribution in [2.24, 2.45) is 11.8 Å². The Hall–Kier alpha value is -2.43. The summed E-state index contributed by atoms with van der Waals surface area (Å²) in [5.74, 6) is -1.59. The number of carbonyl (C=O) groups excluding carboxylic acids is 2. The zero-order valence-corrected chi connectivity index (χ0v) is 10.9. The molecule has 1 saturated heterocycles. The monoisotopic (exact) mass is 271 g/mol. The van der Waals surface area contributed by atoms with E-state index >= 15 is 0 Å². The average molecular weight is 271 g/mol. The second-order valence-corrected chi connectivity index (χ2v) is 5.18. The lowest BCUT2D eigenvalue weighted by atomic mass is 10.1. The van der Waals surface area contributed by atoms with Crippen molar-refractivity contribution < 1.29 is 19.5 Å². The van der Waals surface area contributed by atoms with Crippen LogP contribution in [0.3, 0.4) is 0 Å². The maximum absolute atomic E-state index is 12.1. The van der Waals surface area contributed by atoms with Crippen molar-refractivity contribution in [1.29, 1.82) is 0 Å². The summed E-state index contributed by atoms with van der Waals surface area (Å²) in [6.45, 7) is 1.82. The molecule has 102 valence electrons. The Balaban J connectivity index is 1.97. The predicted molar refractivity (Wildman–Crippen MR) is 71.9 cm³/mol. The van der Waals surface area contributed by atoms with Gasteiger partial charge in [-0.2, -0.15) is 0 Å². The van der Waals surface area contributed by atoms with Gasteiger partial charge in [0.2, 0.25) is 11.8 Å². The molecule has 1 aromatic carbocycles. The number of benzene rings is 1. The SMILES string of the molecule is Cc1ccc(C=CC(=O)O)cc1N1C(=O)C2CC2C1=O.